The van der Waals surface area contributed by atoms with Gasteiger partial charge in [0.2, 0.25) is 0 Å². The summed E-state index contributed by atoms with van der Waals surface area (Å²) in [5.74, 6) is 1.35. The van der Waals surface area contributed by atoms with E-state index in [4.69, 9.17) is 11.5 Å². The molecule has 0 saturated heterocycles. The Labute approximate surface area is 105 Å². The number of carboxylic acids is 1. The molecule has 1 N–H and O–H groups in total. The van der Waals surface area contributed by atoms with Crippen molar-refractivity contribution >= 4 is 16.0 Å². The lowest BCUT2D eigenvalue weighted by Crippen LogP contribution is -2.36. The zero-order chi connectivity index (χ0) is 13.9. The number of hydrogen-bond acceptors (Lipinski definition) is 4. The van der Waals surface area contributed by atoms with E-state index >= 15 is 0 Å². The molecule has 0 aliphatic rings. The third-order valence-corrected chi connectivity index (χ3v) is 3.93. The van der Waals surface area contributed by atoms with Gasteiger partial charge < -0.3 is 9.67 Å². The summed E-state index contributed by atoms with van der Waals surface area (Å²) >= 11 is 0. The number of imidazole rings is 1. The molecule has 1 aromatic heterocycles. The molecule has 18 heavy (non-hydrogen) atoms. The Bertz CT molecular complexity index is 578. The quantitative estimate of drug-likeness (QED) is 0.724. The van der Waals surface area contributed by atoms with Gasteiger partial charge in [0.1, 0.15) is 12.4 Å². The van der Waals surface area contributed by atoms with Crippen molar-refractivity contribution in [3.8, 4) is 12.3 Å². The van der Waals surface area contributed by atoms with Crippen LogP contribution in [0.5, 0.6) is 0 Å². The lowest BCUT2D eigenvalue weighted by atomic mass is 10.6. The highest BCUT2D eigenvalue weighted by molar-refractivity contribution is 7.89. The number of carbonyl (C=O) groups is 1. The van der Waals surface area contributed by atoms with Crippen LogP contribution in [0.15, 0.2) is 11.2 Å². The normalized spacial score (nSPS) is 11.4. The number of carboxylic acid groups (broad SMARTS) is 1. The fraction of sp³-hybridized carbons (Fsp3) is 0.400. The van der Waals surface area contributed by atoms with Crippen LogP contribution >= 0.6 is 0 Å². The minimum absolute atomic E-state index is 0.209. The minimum Gasteiger partial charge on any atom is -0.480 e. The highest BCUT2D eigenvalue weighted by Gasteiger charge is 2.28. The molecule has 0 bridgehead atoms. The Hall–Kier alpha value is -1.85. The Kier molecular flexibility index (Phi) is 4.11. The molecule has 0 amide bonds. The summed E-state index contributed by atoms with van der Waals surface area (Å²) in [5.41, 5.74) is 0. The lowest BCUT2D eigenvalue weighted by Gasteiger charge is -2.15. The first-order valence-corrected chi connectivity index (χ1v) is 6.38. The first kappa shape index (κ1) is 14.2. The van der Waals surface area contributed by atoms with Gasteiger partial charge in [-0.1, -0.05) is 5.92 Å². The SMILES string of the molecule is C#CCN(CC(=O)O)S(=O)(=O)c1cn(C)c(C)n1. The summed E-state index contributed by atoms with van der Waals surface area (Å²) in [6.07, 6.45) is 6.36. The first-order valence-electron chi connectivity index (χ1n) is 4.94. The summed E-state index contributed by atoms with van der Waals surface area (Å²) in [6, 6.07) is 0. The molecule has 0 unspecified atom stereocenters. The largest absolute Gasteiger partial charge is 0.480 e. The van der Waals surface area contributed by atoms with Crippen molar-refractivity contribution in [2.24, 2.45) is 7.05 Å². The molecular weight excluding hydrogens is 258 g/mol. The monoisotopic (exact) mass is 271 g/mol. The number of nitrogens with zero attached hydrogens (tertiary/aromatic N) is 3. The molecule has 0 atom stereocenters. The van der Waals surface area contributed by atoms with Gasteiger partial charge in [-0.15, -0.1) is 6.42 Å². The predicted octanol–water partition coefficient (Wildman–Crippen LogP) is -0.563. The summed E-state index contributed by atoms with van der Waals surface area (Å²) in [4.78, 5) is 14.5. The van der Waals surface area contributed by atoms with E-state index in [1.807, 2.05) is 0 Å². The van der Waals surface area contributed by atoms with Crippen LogP contribution in [0, 0.1) is 19.3 Å². The third kappa shape index (κ3) is 2.88. The van der Waals surface area contributed by atoms with Crippen molar-refractivity contribution in [3.63, 3.8) is 0 Å². The van der Waals surface area contributed by atoms with E-state index in [-0.39, 0.29) is 11.6 Å². The van der Waals surface area contributed by atoms with Crippen LogP contribution in [-0.4, -0.2) is 46.4 Å². The molecule has 0 fully saturated rings. The highest BCUT2D eigenvalue weighted by Crippen LogP contribution is 2.14. The standard InChI is InChI=1S/C10H13N3O4S/c1-4-5-13(7-10(14)15)18(16,17)9-6-12(3)8(2)11-9/h1,6H,5,7H2,2-3H3,(H,14,15). The topological polar surface area (TPSA) is 92.5 Å². The molecule has 0 radical (unpaired) electrons. The summed E-state index contributed by atoms with van der Waals surface area (Å²) in [7, 11) is -2.34. The van der Waals surface area contributed by atoms with Crippen molar-refractivity contribution in [1.29, 1.82) is 0 Å². The van der Waals surface area contributed by atoms with Gasteiger partial charge in [0.25, 0.3) is 10.0 Å². The maximum Gasteiger partial charge on any atom is 0.318 e. The average molecular weight is 271 g/mol. The molecular formula is C10H13N3O4S. The second-order valence-electron chi connectivity index (χ2n) is 3.61. The number of aryl methyl sites for hydroxylation is 2. The molecule has 1 heterocycles. The highest BCUT2D eigenvalue weighted by atomic mass is 32.2. The van der Waals surface area contributed by atoms with Gasteiger partial charge in [-0.25, -0.2) is 13.4 Å². The molecule has 1 rings (SSSR count). The van der Waals surface area contributed by atoms with Gasteiger partial charge in [-0.05, 0) is 6.92 Å². The van der Waals surface area contributed by atoms with Crippen LogP contribution < -0.4 is 0 Å². The fourth-order valence-corrected chi connectivity index (χ4v) is 2.59. The molecule has 0 aliphatic heterocycles. The molecule has 0 spiro atoms. The number of terminal acetylenes is 1. The van der Waals surface area contributed by atoms with Crippen LogP contribution in [0.3, 0.4) is 0 Å². The van der Waals surface area contributed by atoms with Crippen LogP contribution in [0.4, 0.5) is 0 Å². The molecule has 0 saturated carbocycles. The van der Waals surface area contributed by atoms with Gasteiger partial charge >= 0.3 is 5.97 Å². The molecule has 0 aliphatic carbocycles. The Morgan fingerprint density at radius 1 is 1.67 bits per heavy atom. The van der Waals surface area contributed by atoms with Gasteiger partial charge in [0, 0.05) is 13.2 Å². The minimum atomic E-state index is -3.98. The van der Waals surface area contributed by atoms with Crippen LogP contribution in [0.2, 0.25) is 0 Å². The number of sulfonamides is 1. The molecule has 8 heteroatoms. The maximum absolute atomic E-state index is 12.1. The Morgan fingerprint density at radius 2 is 2.28 bits per heavy atom. The number of hydrogen-bond donors (Lipinski definition) is 1. The van der Waals surface area contributed by atoms with Crippen molar-refractivity contribution in [2.75, 3.05) is 13.1 Å². The van der Waals surface area contributed by atoms with Crippen LogP contribution in [0.1, 0.15) is 5.82 Å². The van der Waals surface area contributed by atoms with Gasteiger partial charge in [0.15, 0.2) is 5.03 Å². The van der Waals surface area contributed by atoms with E-state index in [0.29, 0.717) is 10.1 Å². The van der Waals surface area contributed by atoms with Gasteiger partial charge in [0.05, 0.1) is 6.54 Å². The zero-order valence-electron chi connectivity index (χ0n) is 9.99. The zero-order valence-corrected chi connectivity index (χ0v) is 10.8. The molecule has 7 nitrogen and oxygen atoms in total. The van der Waals surface area contributed by atoms with Crippen LogP contribution in [0.25, 0.3) is 0 Å². The lowest BCUT2D eigenvalue weighted by molar-refractivity contribution is -0.137. The smallest absolute Gasteiger partial charge is 0.318 e. The second-order valence-corrected chi connectivity index (χ2v) is 5.49. The van der Waals surface area contributed by atoms with Crippen molar-refractivity contribution in [2.45, 2.75) is 11.9 Å². The third-order valence-electron chi connectivity index (χ3n) is 2.27. The van der Waals surface area contributed by atoms with E-state index in [1.165, 1.54) is 10.8 Å². The van der Waals surface area contributed by atoms with Crippen molar-refractivity contribution < 1.29 is 18.3 Å². The number of aliphatic carboxylic acids is 1. The number of rotatable bonds is 5. The van der Waals surface area contributed by atoms with E-state index < -0.39 is 22.5 Å². The maximum atomic E-state index is 12.1. The average Bonchev–Trinajstić information content (AvgIpc) is 2.59. The summed E-state index contributed by atoms with van der Waals surface area (Å²) in [5, 5.41) is 8.47. The van der Waals surface area contributed by atoms with Crippen molar-refractivity contribution in [1.82, 2.24) is 13.9 Å². The first-order chi connectivity index (χ1) is 8.28. The molecule has 0 aromatic carbocycles. The summed E-state index contributed by atoms with van der Waals surface area (Å²) in [6.45, 7) is 0.633. The second kappa shape index (κ2) is 5.20. The molecule has 1 aromatic rings. The van der Waals surface area contributed by atoms with Gasteiger partial charge in [-0.2, -0.15) is 4.31 Å². The Morgan fingerprint density at radius 3 is 2.67 bits per heavy atom. The molecule has 98 valence electrons. The fourth-order valence-electron chi connectivity index (χ4n) is 1.26. The predicted molar refractivity (Wildman–Crippen MR) is 63.2 cm³/mol. The van der Waals surface area contributed by atoms with E-state index in [0.717, 1.165) is 0 Å². The van der Waals surface area contributed by atoms with E-state index in [2.05, 4.69) is 10.9 Å². The van der Waals surface area contributed by atoms with Crippen molar-refractivity contribution in [3.05, 3.63) is 12.0 Å². The summed E-state index contributed by atoms with van der Waals surface area (Å²) < 4.78 is 26.5. The van der Waals surface area contributed by atoms with E-state index in [9.17, 15) is 13.2 Å². The van der Waals surface area contributed by atoms with Gasteiger partial charge in [-0.3, -0.25) is 4.79 Å². The Balaban J connectivity index is 3.17. The number of aromatic nitrogens is 2. The van der Waals surface area contributed by atoms with E-state index in [1.54, 1.807) is 14.0 Å². The van der Waals surface area contributed by atoms with Crippen LogP contribution in [-0.2, 0) is 21.9 Å².